The molecule has 1 aliphatic rings. The number of urea groups is 1. The van der Waals surface area contributed by atoms with Gasteiger partial charge in [-0.2, -0.15) is 0 Å². The first-order valence-corrected chi connectivity index (χ1v) is 10.9. The average molecular weight is 460 g/mol. The smallest absolute Gasteiger partial charge is 0.325 e. The summed E-state index contributed by atoms with van der Waals surface area (Å²) in [4.78, 5) is 39.4. The van der Waals surface area contributed by atoms with E-state index in [0.717, 1.165) is 4.90 Å². The van der Waals surface area contributed by atoms with Crippen LogP contribution >= 0.6 is 0 Å². The number of amides is 4. The standard InChI is InChI=1S/C26H25N3O5/c1-3-26(18-9-13-20(33-2)14-10-18)24(31)29(25(32)28-26)17-23(30)27-19-11-15-22(16-12-19)34-21-7-5-4-6-8-21/h4-16H,3,17H2,1-2H3,(H,27,30)(H,28,32). The summed E-state index contributed by atoms with van der Waals surface area (Å²) in [6.07, 6.45) is 0.338. The molecule has 2 N–H and O–H groups in total. The lowest BCUT2D eigenvalue weighted by atomic mass is 9.87. The third kappa shape index (κ3) is 4.56. The van der Waals surface area contributed by atoms with E-state index >= 15 is 0 Å². The zero-order valence-electron chi connectivity index (χ0n) is 18.9. The first-order valence-electron chi connectivity index (χ1n) is 10.9. The molecule has 0 spiro atoms. The number of hydrogen-bond acceptors (Lipinski definition) is 5. The zero-order valence-corrected chi connectivity index (χ0v) is 18.9. The molecule has 4 rings (SSSR count). The number of benzene rings is 3. The van der Waals surface area contributed by atoms with Crippen molar-refractivity contribution in [3.05, 3.63) is 84.4 Å². The Bertz CT molecular complexity index is 1180. The van der Waals surface area contributed by atoms with Crippen molar-refractivity contribution in [2.75, 3.05) is 19.0 Å². The maximum Gasteiger partial charge on any atom is 0.325 e. The molecular formula is C26H25N3O5. The van der Waals surface area contributed by atoms with Crippen molar-refractivity contribution in [1.29, 1.82) is 0 Å². The Hall–Kier alpha value is -4.33. The highest BCUT2D eigenvalue weighted by Crippen LogP contribution is 2.33. The summed E-state index contributed by atoms with van der Waals surface area (Å²) in [7, 11) is 1.55. The molecule has 4 amide bonds. The summed E-state index contributed by atoms with van der Waals surface area (Å²) < 4.78 is 10.9. The van der Waals surface area contributed by atoms with Gasteiger partial charge < -0.3 is 20.1 Å². The highest BCUT2D eigenvalue weighted by atomic mass is 16.5. The van der Waals surface area contributed by atoms with E-state index in [9.17, 15) is 14.4 Å². The molecule has 1 aliphatic heterocycles. The fraction of sp³-hybridized carbons (Fsp3) is 0.192. The molecule has 0 aromatic heterocycles. The fourth-order valence-electron chi connectivity index (χ4n) is 3.86. The third-order valence-electron chi connectivity index (χ3n) is 5.71. The lowest BCUT2D eigenvalue weighted by molar-refractivity contribution is -0.134. The van der Waals surface area contributed by atoms with Crippen LogP contribution in [0.2, 0.25) is 0 Å². The normalized spacial score (nSPS) is 17.3. The Morgan fingerprint density at radius 1 is 0.912 bits per heavy atom. The van der Waals surface area contributed by atoms with Gasteiger partial charge in [-0.3, -0.25) is 14.5 Å². The van der Waals surface area contributed by atoms with Crippen LogP contribution in [0.3, 0.4) is 0 Å². The SMILES string of the molecule is CCC1(c2ccc(OC)cc2)NC(=O)N(CC(=O)Nc2ccc(Oc3ccccc3)cc2)C1=O. The number of para-hydroxylation sites is 1. The van der Waals surface area contributed by atoms with Gasteiger partial charge in [0.25, 0.3) is 5.91 Å². The predicted octanol–water partition coefficient (Wildman–Crippen LogP) is 4.28. The number of methoxy groups -OCH3 is 1. The second kappa shape index (κ2) is 9.66. The molecule has 0 bridgehead atoms. The first-order chi connectivity index (χ1) is 16.4. The lowest BCUT2D eigenvalue weighted by Gasteiger charge is -2.26. The quantitative estimate of drug-likeness (QED) is 0.490. The first kappa shape index (κ1) is 22.8. The van der Waals surface area contributed by atoms with Gasteiger partial charge >= 0.3 is 6.03 Å². The molecule has 0 aliphatic carbocycles. The number of carbonyl (C=O) groups excluding carboxylic acids is 3. The van der Waals surface area contributed by atoms with Gasteiger partial charge in [0.05, 0.1) is 7.11 Å². The molecule has 34 heavy (non-hydrogen) atoms. The minimum absolute atomic E-state index is 0.338. The van der Waals surface area contributed by atoms with Crippen molar-refractivity contribution >= 4 is 23.5 Å². The molecule has 3 aromatic carbocycles. The molecule has 1 unspecified atom stereocenters. The number of anilines is 1. The van der Waals surface area contributed by atoms with Gasteiger partial charge in [0.15, 0.2) is 0 Å². The molecule has 1 saturated heterocycles. The van der Waals surface area contributed by atoms with Crippen LogP contribution in [0, 0.1) is 0 Å². The predicted molar refractivity (Wildman–Crippen MR) is 127 cm³/mol. The van der Waals surface area contributed by atoms with Gasteiger partial charge in [-0.15, -0.1) is 0 Å². The number of carbonyl (C=O) groups is 3. The molecule has 3 aromatic rings. The van der Waals surface area contributed by atoms with E-state index in [0.29, 0.717) is 34.9 Å². The molecule has 8 heteroatoms. The number of hydrogen-bond donors (Lipinski definition) is 2. The van der Waals surface area contributed by atoms with Crippen LogP contribution in [-0.2, 0) is 15.1 Å². The Morgan fingerprint density at radius 2 is 1.53 bits per heavy atom. The van der Waals surface area contributed by atoms with E-state index < -0.39 is 29.9 Å². The summed E-state index contributed by atoms with van der Waals surface area (Å²) in [6.45, 7) is 1.41. The topological polar surface area (TPSA) is 97.0 Å². The van der Waals surface area contributed by atoms with Gasteiger partial charge in [0, 0.05) is 5.69 Å². The third-order valence-corrected chi connectivity index (χ3v) is 5.71. The molecule has 1 atom stereocenters. The largest absolute Gasteiger partial charge is 0.497 e. The average Bonchev–Trinajstić information content (AvgIpc) is 3.11. The Labute approximate surface area is 197 Å². The van der Waals surface area contributed by atoms with Crippen molar-refractivity contribution in [2.24, 2.45) is 0 Å². The Balaban J connectivity index is 1.41. The number of rotatable bonds is 8. The number of nitrogens with one attached hydrogen (secondary N) is 2. The van der Waals surface area contributed by atoms with E-state index in [1.807, 2.05) is 37.3 Å². The van der Waals surface area contributed by atoms with Crippen LogP contribution in [0.4, 0.5) is 10.5 Å². The molecule has 0 radical (unpaired) electrons. The Kier molecular flexibility index (Phi) is 6.49. The van der Waals surface area contributed by atoms with E-state index in [1.165, 1.54) is 0 Å². The molecule has 174 valence electrons. The van der Waals surface area contributed by atoms with E-state index in [1.54, 1.807) is 55.6 Å². The highest BCUT2D eigenvalue weighted by molar-refractivity contribution is 6.10. The maximum atomic E-state index is 13.2. The van der Waals surface area contributed by atoms with Crippen LogP contribution in [0.1, 0.15) is 18.9 Å². The van der Waals surface area contributed by atoms with Crippen molar-refractivity contribution in [3.63, 3.8) is 0 Å². The zero-order chi connectivity index (χ0) is 24.1. The molecule has 8 nitrogen and oxygen atoms in total. The number of ether oxygens (including phenoxy) is 2. The summed E-state index contributed by atoms with van der Waals surface area (Å²) in [5.74, 6) is 1.01. The van der Waals surface area contributed by atoms with Crippen LogP contribution in [0.5, 0.6) is 17.2 Å². The number of nitrogens with zero attached hydrogens (tertiary/aromatic N) is 1. The van der Waals surface area contributed by atoms with Crippen LogP contribution in [0.25, 0.3) is 0 Å². The van der Waals surface area contributed by atoms with Crippen molar-refractivity contribution < 1.29 is 23.9 Å². The second-order valence-electron chi connectivity index (χ2n) is 7.80. The van der Waals surface area contributed by atoms with Crippen LogP contribution in [-0.4, -0.2) is 36.4 Å². The summed E-state index contributed by atoms with van der Waals surface area (Å²) >= 11 is 0. The van der Waals surface area contributed by atoms with Gasteiger partial charge in [0.2, 0.25) is 5.91 Å². The molecular weight excluding hydrogens is 434 g/mol. The van der Waals surface area contributed by atoms with Gasteiger partial charge in [-0.1, -0.05) is 37.3 Å². The Morgan fingerprint density at radius 3 is 2.15 bits per heavy atom. The monoisotopic (exact) mass is 459 g/mol. The minimum Gasteiger partial charge on any atom is -0.497 e. The highest BCUT2D eigenvalue weighted by Gasteiger charge is 2.51. The second-order valence-corrected chi connectivity index (χ2v) is 7.80. The van der Waals surface area contributed by atoms with Gasteiger partial charge in [-0.05, 0) is 60.5 Å². The molecule has 1 heterocycles. The van der Waals surface area contributed by atoms with Crippen LogP contribution < -0.4 is 20.1 Å². The van der Waals surface area contributed by atoms with Gasteiger partial charge in [-0.25, -0.2) is 4.79 Å². The molecule has 0 saturated carbocycles. The maximum absolute atomic E-state index is 13.2. The fourth-order valence-corrected chi connectivity index (χ4v) is 3.86. The van der Waals surface area contributed by atoms with E-state index in [2.05, 4.69) is 10.6 Å². The van der Waals surface area contributed by atoms with Crippen molar-refractivity contribution in [2.45, 2.75) is 18.9 Å². The van der Waals surface area contributed by atoms with E-state index in [-0.39, 0.29) is 0 Å². The van der Waals surface area contributed by atoms with Crippen molar-refractivity contribution in [3.8, 4) is 17.2 Å². The van der Waals surface area contributed by atoms with E-state index in [4.69, 9.17) is 9.47 Å². The summed E-state index contributed by atoms with van der Waals surface area (Å²) in [5.41, 5.74) is -0.0690. The summed E-state index contributed by atoms with van der Waals surface area (Å²) in [5, 5.41) is 5.49. The minimum atomic E-state index is -1.22. The summed E-state index contributed by atoms with van der Waals surface area (Å²) in [6, 6.07) is 22.5. The van der Waals surface area contributed by atoms with Gasteiger partial charge in [0.1, 0.15) is 29.3 Å². The number of imide groups is 1. The van der Waals surface area contributed by atoms with Crippen molar-refractivity contribution in [1.82, 2.24) is 10.2 Å². The van der Waals surface area contributed by atoms with Crippen LogP contribution in [0.15, 0.2) is 78.9 Å². The lowest BCUT2D eigenvalue weighted by Crippen LogP contribution is -2.44. The molecule has 1 fully saturated rings.